The number of hydrogen-bond acceptors (Lipinski definition) is 4. The van der Waals surface area contributed by atoms with E-state index in [0.717, 1.165) is 12.5 Å². The second kappa shape index (κ2) is 5.85. The Morgan fingerprint density at radius 3 is 2.95 bits per heavy atom. The molecular weight excluding hydrogens is 267 g/mol. The number of carboxylic acid groups (broad SMARTS) is 1. The van der Waals surface area contributed by atoms with Crippen molar-refractivity contribution in [2.24, 2.45) is 5.92 Å². The number of halogens is 1. The van der Waals surface area contributed by atoms with Gasteiger partial charge in [-0.2, -0.15) is 4.39 Å². The predicted octanol–water partition coefficient (Wildman–Crippen LogP) is 2.43. The summed E-state index contributed by atoms with van der Waals surface area (Å²) in [4.78, 5) is 22.5. The van der Waals surface area contributed by atoms with Gasteiger partial charge in [-0.15, -0.1) is 0 Å². The molecule has 0 radical (unpaired) electrons. The maximum Gasteiger partial charge on any atom is 0.327 e. The van der Waals surface area contributed by atoms with Crippen molar-refractivity contribution in [3.05, 3.63) is 34.1 Å². The van der Waals surface area contributed by atoms with Gasteiger partial charge in [0.05, 0.1) is 4.92 Å². The molecule has 1 unspecified atom stereocenters. The van der Waals surface area contributed by atoms with Gasteiger partial charge in [0.25, 0.3) is 0 Å². The van der Waals surface area contributed by atoms with Crippen molar-refractivity contribution >= 4 is 17.3 Å². The fourth-order valence-electron chi connectivity index (χ4n) is 2.55. The molecule has 0 aliphatic carbocycles. The third-order valence-corrected chi connectivity index (χ3v) is 3.54. The third-order valence-electron chi connectivity index (χ3n) is 3.54. The van der Waals surface area contributed by atoms with Gasteiger partial charge < -0.3 is 10.0 Å². The second-order valence-corrected chi connectivity index (χ2v) is 4.90. The van der Waals surface area contributed by atoms with Crippen LogP contribution in [0.3, 0.4) is 0 Å². The number of nitrogens with zero attached hydrogens (tertiary/aromatic N) is 2. The van der Waals surface area contributed by atoms with E-state index in [0.29, 0.717) is 19.5 Å². The molecule has 1 aliphatic heterocycles. The summed E-state index contributed by atoms with van der Waals surface area (Å²) in [5.41, 5.74) is -0.237. The van der Waals surface area contributed by atoms with Gasteiger partial charge in [0.1, 0.15) is 5.69 Å². The molecule has 0 bridgehead atoms. The number of nitro groups is 1. The molecule has 1 N–H and O–H groups in total. The number of rotatable bonds is 5. The fourth-order valence-corrected chi connectivity index (χ4v) is 2.55. The molecule has 0 saturated carbocycles. The molecule has 0 spiro atoms. The van der Waals surface area contributed by atoms with Gasteiger partial charge in [-0.05, 0) is 30.9 Å². The number of benzene rings is 1. The number of aliphatic carboxylic acids is 1. The monoisotopic (exact) mass is 282 g/mol. The van der Waals surface area contributed by atoms with Crippen molar-refractivity contribution in [1.82, 2.24) is 0 Å². The summed E-state index contributed by atoms with van der Waals surface area (Å²) in [6, 6.07) is 4.04. The van der Waals surface area contributed by atoms with E-state index in [4.69, 9.17) is 5.11 Å². The van der Waals surface area contributed by atoms with E-state index in [-0.39, 0.29) is 18.0 Å². The lowest BCUT2D eigenvalue weighted by Gasteiger charge is -2.18. The lowest BCUT2D eigenvalue weighted by molar-refractivity contribution is -0.386. The summed E-state index contributed by atoms with van der Waals surface area (Å²) >= 11 is 0. The maximum absolute atomic E-state index is 13.6. The van der Waals surface area contributed by atoms with E-state index < -0.39 is 22.4 Å². The lowest BCUT2D eigenvalue weighted by atomic mass is 10.0. The van der Waals surface area contributed by atoms with Crippen molar-refractivity contribution in [2.75, 3.05) is 18.0 Å². The highest BCUT2D eigenvalue weighted by molar-refractivity contribution is 5.67. The molecule has 0 aromatic heterocycles. The van der Waals surface area contributed by atoms with Gasteiger partial charge in [-0.3, -0.25) is 14.9 Å². The average Bonchev–Trinajstić information content (AvgIpc) is 2.84. The van der Waals surface area contributed by atoms with E-state index in [9.17, 15) is 19.3 Å². The van der Waals surface area contributed by atoms with Gasteiger partial charge >= 0.3 is 11.7 Å². The minimum absolute atomic E-state index is 0.0871. The van der Waals surface area contributed by atoms with Crippen LogP contribution in [0.25, 0.3) is 0 Å². The number of anilines is 1. The number of carboxylic acids is 1. The SMILES string of the molecule is O=C(O)CCC1CCN(c2cccc(F)c2[N+](=O)[O-])C1. The van der Waals surface area contributed by atoms with E-state index in [1.54, 1.807) is 4.90 Å². The van der Waals surface area contributed by atoms with Crippen molar-refractivity contribution < 1.29 is 19.2 Å². The Hall–Kier alpha value is -2.18. The molecule has 1 saturated heterocycles. The molecule has 7 heteroatoms. The first-order valence-electron chi connectivity index (χ1n) is 6.38. The van der Waals surface area contributed by atoms with Gasteiger partial charge in [0, 0.05) is 19.5 Å². The summed E-state index contributed by atoms with van der Waals surface area (Å²) < 4.78 is 13.6. The Morgan fingerprint density at radius 1 is 1.55 bits per heavy atom. The highest BCUT2D eigenvalue weighted by atomic mass is 19.1. The first kappa shape index (κ1) is 14.2. The molecule has 1 fully saturated rings. The number of hydrogen-bond donors (Lipinski definition) is 1. The molecule has 1 atom stereocenters. The summed E-state index contributed by atoms with van der Waals surface area (Å²) in [7, 11) is 0. The van der Waals surface area contributed by atoms with Crippen LogP contribution in [-0.2, 0) is 4.79 Å². The van der Waals surface area contributed by atoms with Crippen LogP contribution in [0, 0.1) is 21.8 Å². The van der Waals surface area contributed by atoms with E-state index in [1.807, 2.05) is 0 Å². The highest BCUT2D eigenvalue weighted by Crippen LogP contribution is 2.34. The molecule has 1 aromatic rings. The lowest BCUT2D eigenvalue weighted by Crippen LogP contribution is -2.21. The molecular formula is C13H15FN2O4. The summed E-state index contributed by atoms with van der Waals surface area (Å²) in [6.07, 6.45) is 1.39. The summed E-state index contributed by atoms with van der Waals surface area (Å²) in [5, 5.41) is 19.6. The van der Waals surface area contributed by atoms with Crippen molar-refractivity contribution in [1.29, 1.82) is 0 Å². The average molecular weight is 282 g/mol. The van der Waals surface area contributed by atoms with Gasteiger partial charge in [-0.25, -0.2) is 0 Å². The van der Waals surface area contributed by atoms with Crippen LogP contribution in [0.2, 0.25) is 0 Å². The van der Waals surface area contributed by atoms with Crippen LogP contribution in [0.4, 0.5) is 15.8 Å². The minimum atomic E-state index is -0.847. The highest BCUT2D eigenvalue weighted by Gasteiger charge is 2.29. The number of para-hydroxylation sites is 1. The largest absolute Gasteiger partial charge is 0.481 e. The normalized spacial score (nSPS) is 18.2. The topological polar surface area (TPSA) is 83.7 Å². The van der Waals surface area contributed by atoms with E-state index in [1.165, 1.54) is 12.1 Å². The van der Waals surface area contributed by atoms with E-state index in [2.05, 4.69) is 0 Å². The zero-order chi connectivity index (χ0) is 14.7. The Morgan fingerprint density at radius 2 is 2.30 bits per heavy atom. The van der Waals surface area contributed by atoms with Crippen LogP contribution in [0.5, 0.6) is 0 Å². The molecule has 1 aromatic carbocycles. The third kappa shape index (κ3) is 3.04. The van der Waals surface area contributed by atoms with Crippen LogP contribution < -0.4 is 4.90 Å². The number of nitro benzene ring substituents is 1. The molecule has 1 heterocycles. The van der Waals surface area contributed by atoms with Gasteiger partial charge in [0.2, 0.25) is 5.82 Å². The van der Waals surface area contributed by atoms with Crippen LogP contribution in [0.15, 0.2) is 18.2 Å². The van der Waals surface area contributed by atoms with Gasteiger partial charge in [0.15, 0.2) is 0 Å². The predicted molar refractivity (Wildman–Crippen MR) is 70.2 cm³/mol. The maximum atomic E-state index is 13.6. The Balaban J connectivity index is 2.12. The molecule has 1 aliphatic rings. The zero-order valence-corrected chi connectivity index (χ0v) is 10.8. The molecule has 108 valence electrons. The molecule has 6 nitrogen and oxygen atoms in total. The van der Waals surface area contributed by atoms with Crippen molar-refractivity contribution in [3.8, 4) is 0 Å². The van der Waals surface area contributed by atoms with E-state index >= 15 is 0 Å². The molecule has 0 amide bonds. The quantitative estimate of drug-likeness (QED) is 0.662. The Kier molecular flexibility index (Phi) is 4.16. The smallest absolute Gasteiger partial charge is 0.327 e. The zero-order valence-electron chi connectivity index (χ0n) is 10.8. The van der Waals surface area contributed by atoms with Crippen molar-refractivity contribution in [2.45, 2.75) is 19.3 Å². The van der Waals surface area contributed by atoms with Crippen molar-refractivity contribution in [3.63, 3.8) is 0 Å². The first-order chi connectivity index (χ1) is 9.49. The summed E-state index contributed by atoms with van der Waals surface area (Å²) in [6.45, 7) is 1.10. The Labute approximate surface area is 115 Å². The standard InChI is InChI=1S/C13H15FN2O4/c14-10-2-1-3-11(13(10)16(19)20)15-7-6-9(8-15)4-5-12(17)18/h1-3,9H,4-8H2,(H,17,18). The van der Waals surface area contributed by atoms with Crippen LogP contribution in [0.1, 0.15) is 19.3 Å². The van der Waals surface area contributed by atoms with Crippen LogP contribution >= 0.6 is 0 Å². The second-order valence-electron chi connectivity index (χ2n) is 4.90. The Bertz CT molecular complexity index is 535. The van der Waals surface area contributed by atoms with Crippen LogP contribution in [-0.4, -0.2) is 29.1 Å². The fraction of sp³-hybridized carbons (Fsp3) is 0.462. The number of carbonyl (C=O) groups is 1. The minimum Gasteiger partial charge on any atom is -0.481 e. The molecule has 2 rings (SSSR count). The molecule has 20 heavy (non-hydrogen) atoms. The summed E-state index contributed by atoms with van der Waals surface area (Å²) in [5.74, 6) is -1.52. The van der Waals surface area contributed by atoms with Gasteiger partial charge in [-0.1, -0.05) is 6.07 Å². The first-order valence-corrected chi connectivity index (χ1v) is 6.38.